The summed E-state index contributed by atoms with van der Waals surface area (Å²) in [5.41, 5.74) is 2.11. The first-order valence-corrected chi connectivity index (χ1v) is 9.72. The topological polar surface area (TPSA) is 80.4 Å². The number of rotatable bonds is 7. The number of aromatic nitrogens is 1. The molecule has 3 aromatic rings. The van der Waals surface area contributed by atoms with Crippen LogP contribution in [0.25, 0.3) is 10.9 Å². The van der Waals surface area contributed by atoms with Crippen molar-refractivity contribution >= 4 is 20.9 Å². The van der Waals surface area contributed by atoms with Crippen molar-refractivity contribution in [2.75, 3.05) is 14.2 Å². The zero-order valence-electron chi connectivity index (χ0n) is 14.9. The third-order valence-electron chi connectivity index (χ3n) is 4.22. The first kappa shape index (κ1) is 18.3. The molecule has 2 N–H and O–H groups in total. The number of hydrogen-bond donors (Lipinski definition) is 2. The molecule has 0 radical (unpaired) electrons. The van der Waals surface area contributed by atoms with E-state index in [0.29, 0.717) is 17.9 Å². The molecule has 7 heteroatoms. The lowest BCUT2D eigenvalue weighted by Gasteiger charge is -2.15. The van der Waals surface area contributed by atoms with Gasteiger partial charge in [-0.05, 0) is 37.1 Å². The third kappa shape index (κ3) is 3.68. The molecule has 1 unspecified atom stereocenters. The van der Waals surface area contributed by atoms with Crippen LogP contribution in [-0.4, -0.2) is 33.7 Å². The number of nitrogens with one attached hydrogen (secondary N) is 2. The molecule has 1 atom stereocenters. The highest BCUT2D eigenvalue weighted by molar-refractivity contribution is 7.89. The van der Waals surface area contributed by atoms with Crippen LogP contribution in [0, 0.1) is 0 Å². The van der Waals surface area contributed by atoms with E-state index in [0.717, 1.165) is 16.5 Å². The van der Waals surface area contributed by atoms with Gasteiger partial charge in [0, 0.05) is 29.2 Å². The minimum Gasteiger partial charge on any atom is -0.493 e. The van der Waals surface area contributed by atoms with Gasteiger partial charge in [-0.25, -0.2) is 13.1 Å². The molecule has 6 nitrogen and oxygen atoms in total. The Kier molecular flexibility index (Phi) is 5.20. The summed E-state index contributed by atoms with van der Waals surface area (Å²) in [6.45, 7) is 1.85. The van der Waals surface area contributed by atoms with E-state index >= 15 is 0 Å². The molecular formula is C19H22N2O4S. The van der Waals surface area contributed by atoms with E-state index in [1.54, 1.807) is 6.07 Å². The highest BCUT2D eigenvalue weighted by Crippen LogP contribution is 2.29. The number of benzene rings is 2. The van der Waals surface area contributed by atoms with Gasteiger partial charge in [-0.2, -0.15) is 0 Å². The van der Waals surface area contributed by atoms with Crippen molar-refractivity contribution in [2.45, 2.75) is 24.3 Å². The Balaban J connectivity index is 1.78. The van der Waals surface area contributed by atoms with Crippen LogP contribution in [0.3, 0.4) is 0 Å². The number of sulfonamides is 1. The lowest BCUT2D eigenvalue weighted by molar-refractivity contribution is 0.354. The number of methoxy groups -OCH3 is 2. The smallest absolute Gasteiger partial charge is 0.240 e. The summed E-state index contributed by atoms with van der Waals surface area (Å²) < 4.78 is 38.4. The summed E-state index contributed by atoms with van der Waals surface area (Å²) in [7, 11) is -0.688. The van der Waals surface area contributed by atoms with Crippen molar-refractivity contribution in [3.8, 4) is 11.5 Å². The van der Waals surface area contributed by atoms with Gasteiger partial charge in [-0.15, -0.1) is 0 Å². The van der Waals surface area contributed by atoms with E-state index in [1.807, 2.05) is 37.4 Å². The van der Waals surface area contributed by atoms with Crippen LogP contribution < -0.4 is 14.2 Å². The summed E-state index contributed by atoms with van der Waals surface area (Å²) in [6, 6.07) is 12.2. The van der Waals surface area contributed by atoms with Crippen LogP contribution >= 0.6 is 0 Å². The zero-order valence-corrected chi connectivity index (χ0v) is 15.8. The minimum atomic E-state index is -3.67. The number of fused-ring (bicyclic) bond motifs is 1. The predicted octanol–water partition coefficient (Wildman–Crippen LogP) is 3.09. The molecule has 0 bridgehead atoms. The second-order valence-electron chi connectivity index (χ2n) is 6.10. The molecule has 138 valence electrons. The fraction of sp³-hybridized carbons (Fsp3) is 0.263. The molecule has 0 fully saturated rings. The van der Waals surface area contributed by atoms with E-state index in [2.05, 4.69) is 9.71 Å². The predicted molar refractivity (Wildman–Crippen MR) is 101 cm³/mol. The van der Waals surface area contributed by atoms with Gasteiger partial charge < -0.3 is 14.5 Å². The van der Waals surface area contributed by atoms with E-state index < -0.39 is 10.0 Å². The fourth-order valence-electron chi connectivity index (χ4n) is 2.99. The van der Waals surface area contributed by atoms with Crippen LogP contribution in [-0.2, 0) is 16.4 Å². The molecule has 0 amide bonds. The number of H-pyrrole nitrogens is 1. The summed E-state index contributed by atoms with van der Waals surface area (Å²) in [5.74, 6) is 0.859. The molecule has 0 aliphatic heterocycles. The minimum absolute atomic E-state index is 0.140. The molecule has 0 aliphatic carbocycles. The average molecular weight is 374 g/mol. The molecule has 1 aromatic heterocycles. The van der Waals surface area contributed by atoms with Gasteiger partial charge in [-0.1, -0.05) is 18.2 Å². The highest BCUT2D eigenvalue weighted by atomic mass is 32.2. The Morgan fingerprint density at radius 3 is 2.54 bits per heavy atom. The molecule has 0 aliphatic rings. The van der Waals surface area contributed by atoms with Crippen molar-refractivity contribution in [3.05, 3.63) is 54.2 Å². The number of hydrogen-bond acceptors (Lipinski definition) is 4. The highest BCUT2D eigenvalue weighted by Gasteiger charge is 2.20. The maximum atomic E-state index is 12.7. The number of aromatic amines is 1. The van der Waals surface area contributed by atoms with Crippen LogP contribution in [0.2, 0.25) is 0 Å². The van der Waals surface area contributed by atoms with Crippen LogP contribution in [0.15, 0.2) is 53.6 Å². The quantitative estimate of drug-likeness (QED) is 0.666. The van der Waals surface area contributed by atoms with Gasteiger partial charge in [0.05, 0.1) is 19.1 Å². The van der Waals surface area contributed by atoms with Gasteiger partial charge in [0.2, 0.25) is 10.0 Å². The summed E-state index contributed by atoms with van der Waals surface area (Å²) in [4.78, 5) is 3.35. The average Bonchev–Trinajstić information content (AvgIpc) is 3.03. The lowest BCUT2D eigenvalue weighted by Crippen LogP contribution is -2.34. The molecule has 3 rings (SSSR count). The van der Waals surface area contributed by atoms with Gasteiger partial charge >= 0.3 is 0 Å². The fourth-order valence-corrected chi connectivity index (χ4v) is 4.25. The maximum absolute atomic E-state index is 12.7. The summed E-state index contributed by atoms with van der Waals surface area (Å²) in [6.07, 6.45) is 2.50. The molecule has 2 aromatic carbocycles. The first-order chi connectivity index (χ1) is 12.4. The Bertz CT molecular complexity index is 1010. The van der Waals surface area contributed by atoms with Gasteiger partial charge in [-0.3, -0.25) is 0 Å². The normalized spacial score (nSPS) is 12.9. The number of ether oxygens (including phenoxy) is 2. The van der Waals surface area contributed by atoms with Crippen molar-refractivity contribution in [1.82, 2.24) is 9.71 Å². The SMILES string of the molecule is COc1ccc(S(=O)(=O)NC(C)Cc2c[nH]c3ccccc23)cc1OC. The second-order valence-corrected chi connectivity index (χ2v) is 7.82. The molecule has 0 saturated carbocycles. The van der Waals surface area contributed by atoms with E-state index in [9.17, 15) is 8.42 Å². The summed E-state index contributed by atoms with van der Waals surface area (Å²) in [5, 5.41) is 1.10. The van der Waals surface area contributed by atoms with Crippen LogP contribution in [0.1, 0.15) is 12.5 Å². The largest absolute Gasteiger partial charge is 0.493 e. The molecule has 1 heterocycles. The summed E-state index contributed by atoms with van der Waals surface area (Å²) >= 11 is 0. The maximum Gasteiger partial charge on any atom is 0.240 e. The van der Waals surface area contributed by atoms with Crippen molar-refractivity contribution in [1.29, 1.82) is 0 Å². The van der Waals surface area contributed by atoms with Gasteiger partial charge in [0.1, 0.15) is 0 Å². The van der Waals surface area contributed by atoms with Crippen molar-refractivity contribution in [3.63, 3.8) is 0 Å². The molecule has 0 spiro atoms. The lowest BCUT2D eigenvalue weighted by atomic mass is 10.1. The van der Waals surface area contributed by atoms with Gasteiger partial charge in [0.25, 0.3) is 0 Å². The molecule has 26 heavy (non-hydrogen) atoms. The van der Waals surface area contributed by atoms with Crippen molar-refractivity contribution in [2.24, 2.45) is 0 Å². The zero-order chi connectivity index (χ0) is 18.7. The second kappa shape index (κ2) is 7.39. The molecule has 0 saturated heterocycles. The monoisotopic (exact) mass is 374 g/mol. The molecular weight excluding hydrogens is 352 g/mol. The Labute approximate surface area is 153 Å². The van der Waals surface area contributed by atoms with E-state index in [-0.39, 0.29) is 10.9 Å². The Morgan fingerprint density at radius 1 is 1.08 bits per heavy atom. The number of para-hydroxylation sites is 1. The third-order valence-corrected chi connectivity index (χ3v) is 5.81. The van der Waals surface area contributed by atoms with Crippen LogP contribution in [0.4, 0.5) is 0 Å². The van der Waals surface area contributed by atoms with Gasteiger partial charge in [0.15, 0.2) is 11.5 Å². The van der Waals surface area contributed by atoms with Crippen LogP contribution in [0.5, 0.6) is 11.5 Å². The Hall–Kier alpha value is -2.51. The Morgan fingerprint density at radius 2 is 1.81 bits per heavy atom. The standard InChI is InChI=1S/C19H22N2O4S/c1-13(10-14-12-20-17-7-5-4-6-16(14)17)21-26(22,23)15-8-9-18(24-2)19(11-15)25-3/h4-9,11-13,20-21H,10H2,1-3H3. The van der Waals surface area contributed by atoms with Crippen molar-refractivity contribution < 1.29 is 17.9 Å². The first-order valence-electron chi connectivity index (χ1n) is 8.24. The van der Waals surface area contributed by atoms with E-state index in [4.69, 9.17) is 9.47 Å². The van der Waals surface area contributed by atoms with E-state index in [1.165, 1.54) is 26.4 Å².